The first kappa shape index (κ1) is 23.3. The van der Waals surface area contributed by atoms with E-state index in [4.69, 9.17) is 4.74 Å². The number of rotatable bonds is 8. The van der Waals surface area contributed by atoms with E-state index in [0.717, 1.165) is 11.4 Å². The molecule has 1 aromatic heterocycles. The Morgan fingerprint density at radius 3 is 2.28 bits per heavy atom. The van der Waals surface area contributed by atoms with E-state index in [2.05, 4.69) is 0 Å². The lowest BCUT2D eigenvalue weighted by molar-refractivity contribution is 0.0474. The van der Waals surface area contributed by atoms with Crippen molar-refractivity contribution in [1.82, 2.24) is 4.57 Å². The molecule has 0 aliphatic rings. The molecule has 0 aliphatic heterocycles. The lowest BCUT2D eigenvalue weighted by atomic mass is 10.1. The fourth-order valence-electron chi connectivity index (χ4n) is 3.43. The first-order valence-corrected chi connectivity index (χ1v) is 11.6. The number of Topliss-reactive ketones (excluding diaryl/α,β-unsaturated/α-hetero) is 1. The van der Waals surface area contributed by atoms with Gasteiger partial charge in [0.2, 0.25) is 5.78 Å². The van der Waals surface area contributed by atoms with Gasteiger partial charge in [0.25, 0.3) is 10.0 Å². The average molecular weight is 455 g/mol. The Balaban J connectivity index is 1.78. The van der Waals surface area contributed by atoms with Gasteiger partial charge in [0.1, 0.15) is 0 Å². The maximum absolute atomic E-state index is 13.2. The van der Waals surface area contributed by atoms with Crippen LogP contribution < -0.4 is 4.31 Å². The normalized spacial score (nSPS) is 11.2. The summed E-state index contributed by atoms with van der Waals surface area (Å²) in [6, 6.07) is 16.1. The van der Waals surface area contributed by atoms with Gasteiger partial charge in [0, 0.05) is 30.5 Å². The van der Waals surface area contributed by atoms with Crippen LogP contribution in [0, 0.1) is 13.8 Å². The Hall–Kier alpha value is -3.39. The molecule has 0 saturated heterocycles. The molecule has 3 aromatic rings. The first-order valence-electron chi connectivity index (χ1n) is 10.2. The van der Waals surface area contributed by atoms with E-state index in [1.807, 2.05) is 25.5 Å². The molecule has 168 valence electrons. The molecule has 7 nitrogen and oxygen atoms in total. The molecule has 0 fully saturated rings. The molecule has 8 heteroatoms. The van der Waals surface area contributed by atoms with Gasteiger partial charge in [-0.15, -0.1) is 0 Å². The van der Waals surface area contributed by atoms with Crippen molar-refractivity contribution in [2.45, 2.75) is 25.7 Å². The minimum atomic E-state index is -3.89. The van der Waals surface area contributed by atoms with E-state index in [1.165, 1.54) is 28.6 Å². The second kappa shape index (κ2) is 9.40. The molecule has 3 rings (SSSR count). The van der Waals surface area contributed by atoms with Gasteiger partial charge in [-0.1, -0.05) is 24.3 Å². The summed E-state index contributed by atoms with van der Waals surface area (Å²) in [5, 5.41) is 0. The highest BCUT2D eigenvalue weighted by atomic mass is 32.2. The number of ketones is 1. The van der Waals surface area contributed by atoms with Crippen LogP contribution in [-0.4, -0.2) is 37.9 Å². The molecule has 32 heavy (non-hydrogen) atoms. The molecule has 0 bridgehead atoms. The van der Waals surface area contributed by atoms with Gasteiger partial charge < -0.3 is 9.30 Å². The van der Waals surface area contributed by atoms with E-state index in [1.54, 1.807) is 43.3 Å². The van der Waals surface area contributed by atoms with Crippen LogP contribution in [0.15, 0.2) is 65.6 Å². The highest BCUT2D eigenvalue weighted by Gasteiger charge is 2.25. The summed E-state index contributed by atoms with van der Waals surface area (Å²) in [6.45, 7) is 5.25. The quantitative estimate of drug-likeness (QED) is 0.381. The van der Waals surface area contributed by atoms with Gasteiger partial charge in [0.15, 0.2) is 6.61 Å². The lowest BCUT2D eigenvalue weighted by Crippen LogP contribution is -2.30. The highest BCUT2D eigenvalue weighted by molar-refractivity contribution is 7.92. The third-order valence-electron chi connectivity index (χ3n) is 5.40. The summed E-state index contributed by atoms with van der Waals surface area (Å²) in [7, 11) is -2.03. The van der Waals surface area contributed by atoms with E-state index in [9.17, 15) is 18.0 Å². The van der Waals surface area contributed by atoms with Crippen LogP contribution in [-0.2, 0) is 21.8 Å². The molecule has 0 unspecified atom stereocenters. The predicted octanol–water partition coefficient (Wildman–Crippen LogP) is 3.90. The molecule has 2 aromatic carbocycles. The number of carbonyl (C=O) groups is 2. The Kier molecular flexibility index (Phi) is 6.84. The summed E-state index contributed by atoms with van der Waals surface area (Å²) in [6.07, 6.45) is 0. The zero-order chi connectivity index (χ0) is 23.5. The Bertz CT molecular complexity index is 1250. The van der Waals surface area contributed by atoms with Crippen molar-refractivity contribution in [1.29, 1.82) is 0 Å². The maximum atomic E-state index is 13.2. The molecule has 0 amide bonds. The van der Waals surface area contributed by atoms with Crippen molar-refractivity contribution in [2.75, 3.05) is 17.5 Å². The summed E-state index contributed by atoms with van der Waals surface area (Å²) < 4.78 is 34.7. The zero-order valence-corrected chi connectivity index (χ0v) is 19.3. The van der Waals surface area contributed by atoms with Crippen molar-refractivity contribution in [3.05, 3.63) is 83.2 Å². The van der Waals surface area contributed by atoms with Crippen LogP contribution in [0.2, 0.25) is 0 Å². The minimum Gasteiger partial charge on any atom is -0.454 e. The number of aryl methyl sites for hydroxylation is 1. The van der Waals surface area contributed by atoms with Crippen molar-refractivity contribution in [3.63, 3.8) is 0 Å². The van der Waals surface area contributed by atoms with Crippen LogP contribution in [0.3, 0.4) is 0 Å². The number of carbonyl (C=O) groups excluding carboxylic acids is 2. The number of benzene rings is 2. The third-order valence-corrected chi connectivity index (χ3v) is 7.30. The fraction of sp³-hybridized carbons (Fsp3) is 0.250. The first-order chi connectivity index (χ1) is 15.2. The molecule has 0 saturated carbocycles. The topological polar surface area (TPSA) is 85.7 Å². The zero-order valence-electron chi connectivity index (χ0n) is 18.5. The second-order valence-corrected chi connectivity index (χ2v) is 9.24. The Labute approximate surface area is 188 Å². The van der Waals surface area contributed by atoms with Crippen molar-refractivity contribution in [3.8, 4) is 0 Å². The van der Waals surface area contributed by atoms with Crippen molar-refractivity contribution in [2.24, 2.45) is 7.05 Å². The smallest absolute Gasteiger partial charge is 0.338 e. The van der Waals surface area contributed by atoms with Gasteiger partial charge in [-0.2, -0.15) is 0 Å². The van der Waals surface area contributed by atoms with Crippen LogP contribution in [0.5, 0.6) is 0 Å². The summed E-state index contributed by atoms with van der Waals surface area (Å²) in [5.41, 5.74) is 2.80. The number of hydrogen-bond acceptors (Lipinski definition) is 5. The molecule has 0 spiro atoms. The lowest BCUT2D eigenvalue weighted by Gasteiger charge is -2.23. The van der Waals surface area contributed by atoms with Crippen LogP contribution in [0.1, 0.15) is 39.0 Å². The van der Waals surface area contributed by atoms with Gasteiger partial charge in [0.05, 0.1) is 16.1 Å². The third kappa shape index (κ3) is 4.60. The molecular formula is C24H26N2O5S. The standard InChI is InChI=1S/C24H26N2O5S/c1-5-26(20-11-7-6-8-12-20)32(29,30)21-13-9-10-19(15-21)24(28)31-16-23(27)22-14-17(2)25(4)18(22)3/h6-15H,5,16H2,1-4H3. The maximum Gasteiger partial charge on any atom is 0.338 e. The highest BCUT2D eigenvalue weighted by Crippen LogP contribution is 2.24. The number of esters is 1. The number of nitrogens with zero attached hydrogens (tertiary/aromatic N) is 2. The molecule has 0 radical (unpaired) electrons. The van der Waals surface area contributed by atoms with Crippen LogP contribution in [0.25, 0.3) is 0 Å². The monoisotopic (exact) mass is 454 g/mol. The molecule has 0 atom stereocenters. The molecular weight excluding hydrogens is 428 g/mol. The van der Waals surface area contributed by atoms with Gasteiger partial charge >= 0.3 is 5.97 Å². The number of hydrogen-bond donors (Lipinski definition) is 0. The van der Waals surface area contributed by atoms with E-state index < -0.39 is 22.6 Å². The van der Waals surface area contributed by atoms with E-state index in [-0.39, 0.29) is 22.8 Å². The van der Waals surface area contributed by atoms with Gasteiger partial charge in [-0.25, -0.2) is 13.2 Å². The summed E-state index contributed by atoms with van der Waals surface area (Å²) in [4.78, 5) is 25.0. The fourth-order valence-corrected chi connectivity index (χ4v) is 4.95. The Morgan fingerprint density at radius 1 is 1.00 bits per heavy atom. The summed E-state index contributed by atoms with van der Waals surface area (Å²) in [5.74, 6) is -1.08. The van der Waals surface area contributed by atoms with Crippen LogP contribution in [0.4, 0.5) is 5.69 Å². The van der Waals surface area contributed by atoms with Gasteiger partial charge in [-0.05, 0) is 57.2 Å². The molecule has 1 heterocycles. The average Bonchev–Trinajstić information content (AvgIpc) is 3.05. The van der Waals surface area contributed by atoms with E-state index in [0.29, 0.717) is 11.3 Å². The number of anilines is 1. The molecule has 0 aliphatic carbocycles. The van der Waals surface area contributed by atoms with Crippen LogP contribution >= 0.6 is 0 Å². The molecule has 0 N–H and O–H groups in total. The largest absolute Gasteiger partial charge is 0.454 e. The number of ether oxygens (including phenoxy) is 1. The SMILES string of the molecule is CCN(c1ccccc1)S(=O)(=O)c1cccc(C(=O)OCC(=O)c2cc(C)n(C)c2C)c1. The Morgan fingerprint density at radius 2 is 1.69 bits per heavy atom. The van der Waals surface area contributed by atoms with Crippen molar-refractivity contribution >= 4 is 27.5 Å². The summed E-state index contributed by atoms with van der Waals surface area (Å²) >= 11 is 0. The minimum absolute atomic E-state index is 0.0292. The van der Waals surface area contributed by atoms with Crippen molar-refractivity contribution < 1.29 is 22.7 Å². The van der Waals surface area contributed by atoms with E-state index >= 15 is 0 Å². The number of para-hydroxylation sites is 1. The van der Waals surface area contributed by atoms with Gasteiger partial charge in [-0.3, -0.25) is 9.10 Å². The number of aromatic nitrogens is 1. The number of sulfonamides is 1. The second-order valence-electron chi connectivity index (χ2n) is 7.38. The predicted molar refractivity (Wildman–Crippen MR) is 123 cm³/mol.